The number of aromatic nitrogens is 2. The number of hydrogen-bond donors (Lipinski definition) is 1. The monoisotopic (exact) mass is 435 g/mol. The maximum absolute atomic E-state index is 12.4. The van der Waals surface area contributed by atoms with E-state index in [4.69, 9.17) is 4.74 Å². The van der Waals surface area contributed by atoms with Crippen LogP contribution in [-0.2, 0) is 17.8 Å². The van der Waals surface area contributed by atoms with E-state index < -0.39 is 0 Å². The summed E-state index contributed by atoms with van der Waals surface area (Å²) in [6.07, 6.45) is 0.209. The number of carbonyl (C=O) groups is 1. The van der Waals surface area contributed by atoms with Gasteiger partial charge in [0.15, 0.2) is 5.13 Å². The van der Waals surface area contributed by atoms with Crippen molar-refractivity contribution in [1.29, 1.82) is 0 Å². The predicted octanol–water partition coefficient (Wildman–Crippen LogP) is 5.64. The number of amides is 1. The molecule has 2 aromatic carbocycles. The summed E-state index contributed by atoms with van der Waals surface area (Å²) in [5.41, 5.74) is 5.05. The van der Waals surface area contributed by atoms with E-state index in [-0.39, 0.29) is 12.3 Å². The minimum absolute atomic E-state index is 0.129. The van der Waals surface area contributed by atoms with E-state index in [1.54, 1.807) is 0 Å². The maximum atomic E-state index is 12.4. The first kappa shape index (κ1) is 20.3. The smallest absolute Gasteiger partial charge is 0.232 e. The summed E-state index contributed by atoms with van der Waals surface area (Å²) < 4.78 is 5.83. The zero-order valence-electron chi connectivity index (χ0n) is 16.7. The van der Waals surface area contributed by atoms with Crippen LogP contribution in [0.2, 0.25) is 0 Å². The van der Waals surface area contributed by atoms with Crippen molar-refractivity contribution in [1.82, 2.24) is 9.97 Å². The normalized spacial score (nSPS) is 10.7. The first-order chi connectivity index (χ1) is 14.6. The summed E-state index contributed by atoms with van der Waals surface area (Å²) >= 11 is 2.91. The molecule has 5 nitrogen and oxygen atoms in total. The Morgan fingerprint density at radius 2 is 1.83 bits per heavy atom. The van der Waals surface area contributed by atoms with Gasteiger partial charge in [-0.15, -0.1) is 22.7 Å². The van der Waals surface area contributed by atoms with Gasteiger partial charge < -0.3 is 10.1 Å². The lowest BCUT2D eigenvalue weighted by Crippen LogP contribution is -2.14. The van der Waals surface area contributed by atoms with Crippen LogP contribution < -0.4 is 10.1 Å². The van der Waals surface area contributed by atoms with Gasteiger partial charge in [0, 0.05) is 16.3 Å². The summed E-state index contributed by atoms with van der Waals surface area (Å²) in [6.45, 7) is 4.53. The Bertz CT molecular complexity index is 1150. The lowest BCUT2D eigenvalue weighted by atomic mass is 10.1. The third-order valence-corrected chi connectivity index (χ3v) is 6.23. The van der Waals surface area contributed by atoms with Crippen molar-refractivity contribution < 1.29 is 9.53 Å². The highest BCUT2D eigenvalue weighted by Gasteiger charge is 2.11. The van der Waals surface area contributed by atoms with E-state index in [1.165, 1.54) is 33.8 Å². The van der Waals surface area contributed by atoms with Gasteiger partial charge in [-0.3, -0.25) is 4.79 Å². The molecule has 30 heavy (non-hydrogen) atoms. The number of thiazole rings is 2. The molecule has 4 rings (SSSR count). The number of rotatable bonds is 7. The minimum Gasteiger partial charge on any atom is -0.486 e. The average Bonchev–Trinajstić information content (AvgIpc) is 3.39. The summed E-state index contributed by atoms with van der Waals surface area (Å²) in [7, 11) is 0. The van der Waals surface area contributed by atoms with Gasteiger partial charge in [0.05, 0.1) is 17.8 Å². The molecule has 0 atom stereocenters. The van der Waals surface area contributed by atoms with E-state index in [1.807, 2.05) is 59.3 Å². The lowest BCUT2D eigenvalue weighted by molar-refractivity contribution is -0.115. The van der Waals surface area contributed by atoms with Crippen LogP contribution in [0.3, 0.4) is 0 Å². The molecule has 0 bridgehead atoms. The van der Waals surface area contributed by atoms with E-state index in [0.29, 0.717) is 11.7 Å². The molecule has 0 aliphatic heterocycles. The van der Waals surface area contributed by atoms with Gasteiger partial charge in [-0.05, 0) is 37.1 Å². The van der Waals surface area contributed by atoms with Gasteiger partial charge in [0.2, 0.25) is 5.91 Å². The molecule has 0 aliphatic rings. The van der Waals surface area contributed by atoms with Gasteiger partial charge in [0.1, 0.15) is 17.4 Å². The minimum atomic E-state index is -0.129. The van der Waals surface area contributed by atoms with Gasteiger partial charge in [-0.2, -0.15) is 0 Å². The Morgan fingerprint density at radius 3 is 2.63 bits per heavy atom. The van der Waals surface area contributed by atoms with Gasteiger partial charge >= 0.3 is 0 Å². The van der Waals surface area contributed by atoms with Gasteiger partial charge in [-0.1, -0.05) is 36.4 Å². The standard InChI is InChI=1S/C23H21N3O2S2/c1-15-8-9-19(10-16(15)2)28-12-22-24-18(13-29-22)11-21(27)26-23-25-20(14-30-23)17-6-4-3-5-7-17/h3-10,13-14H,11-12H2,1-2H3,(H,25,26,27). The molecule has 0 unspecified atom stereocenters. The molecule has 2 heterocycles. The second-order valence-electron chi connectivity index (χ2n) is 6.90. The molecule has 0 saturated heterocycles. The molecule has 0 aliphatic carbocycles. The van der Waals surface area contributed by atoms with Crippen molar-refractivity contribution in [2.24, 2.45) is 0 Å². The lowest BCUT2D eigenvalue weighted by Gasteiger charge is -2.06. The number of nitrogens with zero attached hydrogens (tertiary/aromatic N) is 2. The fourth-order valence-corrected chi connectivity index (χ4v) is 4.29. The van der Waals surface area contributed by atoms with Gasteiger partial charge in [-0.25, -0.2) is 9.97 Å². The zero-order chi connectivity index (χ0) is 20.9. The van der Waals surface area contributed by atoms with Crippen LogP contribution in [-0.4, -0.2) is 15.9 Å². The van der Waals surface area contributed by atoms with E-state index >= 15 is 0 Å². The molecular weight excluding hydrogens is 414 g/mol. The summed E-state index contributed by atoms with van der Waals surface area (Å²) in [5.74, 6) is 0.696. The van der Waals surface area contributed by atoms with Crippen molar-refractivity contribution in [3.8, 4) is 17.0 Å². The van der Waals surface area contributed by atoms with E-state index in [9.17, 15) is 4.79 Å². The van der Waals surface area contributed by atoms with Crippen LogP contribution in [0.5, 0.6) is 5.75 Å². The Kier molecular flexibility index (Phi) is 6.21. The molecule has 7 heteroatoms. The highest BCUT2D eigenvalue weighted by molar-refractivity contribution is 7.14. The van der Waals surface area contributed by atoms with Crippen LogP contribution in [0.4, 0.5) is 5.13 Å². The van der Waals surface area contributed by atoms with Crippen LogP contribution in [0.1, 0.15) is 21.8 Å². The Balaban J connectivity index is 1.30. The second-order valence-corrected chi connectivity index (χ2v) is 8.70. The fraction of sp³-hybridized carbons (Fsp3) is 0.174. The number of carbonyl (C=O) groups excluding carboxylic acids is 1. The molecule has 0 fully saturated rings. The van der Waals surface area contributed by atoms with Crippen LogP contribution in [0.15, 0.2) is 59.3 Å². The number of aryl methyl sites for hydroxylation is 2. The molecule has 2 aromatic heterocycles. The topological polar surface area (TPSA) is 64.1 Å². The molecule has 152 valence electrons. The Hall–Kier alpha value is -3.03. The molecule has 1 amide bonds. The highest BCUT2D eigenvalue weighted by Crippen LogP contribution is 2.25. The maximum Gasteiger partial charge on any atom is 0.232 e. The highest BCUT2D eigenvalue weighted by atomic mass is 32.1. The van der Waals surface area contributed by atoms with Gasteiger partial charge in [0.25, 0.3) is 0 Å². The molecule has 1 N–H and O–H groups in total. The summed E-state index contributed by atoms with van der Waals surface area (Å²) in [4.78, 5) is 21.4. The molecule has 0 spiro atoms. The summed E-state index contributed by atoms with van der Waals surface area (Å²) in [5, 5.41) is 8.13. The number of ether oxygens (including phenoxy) is 1. The van der Waals surface area contributed by atoms with Crippen molar-refractivity contribution in [2.75, 3.05) is 5.32 Å². The number of hydrogen-bond acceptors (Lipinski definition) is 6. The third kappa shape index (κ3) is 5.11. The molecular formula is C23H21N3O2S2. The molecule has 0 saturated carbocycles. The predicted molar refractivity (Wildman–Crippen MR) is 122 cm³/mol. The number of anilines is 1. The quantitative estimate of drug-likeness (QED) is 0.408. The zero-order valence-corrected chi connectivity index (χ0v) is 18.3. The number of benzene rings is 2. The largest absolute Gasteiger partial charge is 0.486 e. The average molecular weight is 436 g/mol. The molecule has 4 aromatic rings. The molecule has 0 radical (unpaired) electrons. The van der Waals surface area contributed by atoms with Crippen molar-refractivity contribution >= 4 is 33.7 Å². The third-order valence-electron chi connectivity index (χ3n) is 4.60. The van der Waals surface area contributed by atoms with E-state index in [2.05, 4.69) is 29.1 Å². The first-order valence-corrected chi connectivity index (χ1v) is 11.3. The Morgan fingerprint density at radius 1 is 1.00 bits per heavy atom. The van der Waals surface area contributed by atoms with Crippen molar-refractivity contribution in [2.45, 2.75) is 26.9 Å². The first-order valence-electron chi connectivity index (χ1n) is 9.51. The Labute approximate surface area is 183 Å². The van der Waals surface area contributed by atoms with E-state index in [0.717, 1.165) is 27.7 Å². The van der Waals surface area contributed by atoms with Crippen LogP contribution in [0, 0.1) is 13.8 Å². The SMILES string of the molecule is Cc1ccc(OCc2nc(CC(=O)Nc3nc(-c4ccccc4)cs3)cs2)cc1C. The van der Waals surface area contributed by atoms with Crippen LogP contribution >= 0.6 is 22.7 Å². The van der Waals surface area contributed by atoms with Crippen molar-refractivity contribution in [3.05, 3.63) is 81.1 Å². The summed E-state index contributed by atoms with van der Waals surface area (Å²) in [6, 6.07) is 15.9. The van der Waals surface area contributed by atoms with Crippen molar-refractivity contribution in [3.63, 3.8) is 0 Å². The van der Waals surface area contributed by atoms with Crippen LogP contribution in [0.25, 0.3) is 11.3 Å². The fourth-order valence-electron chi connectivity index (χ4n) is 2.85. The number of nitrogens with one attached hydrogen (secondary N) is 1. The second kappa shape index (κ2) is 9.19.